The van der Waals surface area contributed by atoms with Crippen LogP contribution in [0.25, 0.3) is 10.2 Å². The first-order valence-electron chi connectivity index (χ1n) is 9.46. The molecule has 2 aromatic carbocycles. The topological polar surface area (TPSA) is 68.3 Å². The van der Waals surface area contributed by atoms with Crippen molar-refractivity contribution in [2.75, 3.05) is 6.61 Å². The molecule has 0 aliphatic rings. The van der Waals surface area contributed by atoms with E-state index in [2.05, 4.69) is 16.4 Å². The van der Waals surface area contributed by atoms with Crippen LogP contribution in [-0.2, 0) is 20.7 Å². The summed E-state index contributed by atoms with van der Waals surface area (Å²) < 4.78 is 6.26. The van der Waals surface area contributed by atoms with E-state index in [0.717, 1.165) is 35.4 Å². The molecule has 146 valence electrons. The fourth-order valence-corrected chi connectivity index (χ4v) is 3.91. The molecule has 0 aliphatic heterocycles. The lowest BCUT2D eigenvalue weighted by Crippen LogP contribution is -2.31. The summed E-state index contributed by atoms with van der Waals surface area (Å²) in [5, 5.41) is 3.92. The maximum Gasteiger partial charge on any atom is 0.306 e. The molecule has 3 aromatic rings. The van der Waals surface area contributed by atoms with Gasteiger partial charge < -0.3 is 10.1 Å². The molecule has 3 rings (SSSR count). The van der Waals surface area contributed by atoms with Crippen LogP contribution in [0.1, 0.15) is 42.8 Å². The summed E-state index contributed by atoms with van der Waals surface area (Å²) in [6.07, 6.45) is 2.75. The first-order chi connectivity index (χ1) is 13.6. The Labute approximate surface area is 168 Å². The number of carbonyl (C=O) groups excluding carboxylic acids is 2. The molecule has 0 saturated carbocycles. The molecule has 1 amide bonds. The largest absolute Gasteiger partial charge is 0.456 e. The minimum absolute atomic E-state index is 0.124. The first kappa shape index (κ1) is 20.0. The average molecular weight is 397 g/mol. The zero-order valence-electron chi connectivity index (χ0n) is 15.9. The summed E-state index contributed by atoms with van der Waals surface area (Å²) >= 11 is 1.69. The molecule has 1 N–H and O–H groups in total. The first-order valence-corrected chi connectivity index (χ1v) is 10.3. The normalized spacial score (nSPS) is 11.9. The quantitative estimate of drug-likeness (QED) is 0.429. The van der Waals surface area contributed by atoms with Gasteiger partial charge in [-0.3, -0.25) is 9.59 Å². The zero-order valence-corrected chi connectivity index (χ0v) is 16.7. The number of nitrogens with one attached hydrogen (secondary N) is 1. The Hall–Kier alpha value is -2.73. The second kappa shape index (κ2) is 9.99. The van der Waals surface area contributed by atoms with Crippen LogP contribution in [0, 0.1) is 0 Å². The molecule has 6 heteroatoms. The number of rotatable bonds is 9. The van der Waals surface area contributed by atoms with Gasteiger partial charge in [0.2, 0.25) is 0 Å². The van der Waals surface area contributed by atoms with Gasteiger partial charge >= 0.3 is 5.97 Å². The highest BCUT2D eigenvalue weighted by molar-refractivity contribution is 7.18. The maximum atomic E-state index is 11.9. The highest BCUT2D eigenvalue weighted by Crippen LogP contribution is 2.22. The SMILES string of the molecule is C[C@H](NC(=O)COC(=O)CCCCc1nc2ccccc2s1)c1ccccc1. The number of amides is 1. The Kier molecular flexibility index (Phi) is 7.14. The number of hydrogen-bond acceptors (Lipinski definition) is 5. The minimum Gasteiger partial charge on any atom is -0.456 e. The molecule has 28 heavy (non-hydrogen) atoms. The summed E-state index contributed by atoms with van der Waals surface area (Å²) in [6, 6.07) is 17.6. The van der Waals surface area contributed by atoms with Gasteiger partial charge in [-0.2, -0.15) is 0 Å². The highest BCUT2D eigenvalue weighted by Gasteiger charge is 2.12. The molecule has 0 spiro atoms. The number of carbonyl (C=O) groups is 2. The number of fused-ring (bicyclic) bond motifs is 1. The van der Waals surface area contributed by atoms with Crippen molar-refractivity contribution in [3.8, 4) is 0 Å². The Morgan fingerprint density at radius 1 is 1.07 bits per heavy atom. The molecule has 0 fully saturated rings. The minimum atomic E-state index is -0.341. The van der Waals surface area contributed by atoms with Gasteiger partial charge in [0, 0.05) is 6.42 Å². The molecule has 5 nitrogen and oxygen atoms in total. The predicted octanol–water partition coefficient (Wildman–Crippen LogP) is 4.43. The number of thiazole rings is 1. The van der Waals surface area contributed by atoms with E-state index >= 15 is 0 Å². The molecular formula is C22H24N2O3S. The van der Waals surface area contributed by atoms with E-state index in [1.165, 1.54) is 4.70 Å². The molecular weight excluding hydrogens is 372 g/mol. The molecule has 0 aliphatic carbocycles. The Bertz CT molecular complexity index is 891. The van der Waals surface area contributed by atoms with E-state index < -0.39 is 0 Å². The summed E-state index contributed by atoms with van der Waals surface area (Å²) in [5.41, 5.74) is 2.04. The monoisotopic (exact) mass is 396 g/mol. The van der Waals surface area contributed by atoms with Crippen LogP contribution < -0.4 is 5.32 Å². The zero-order chi connectivity index (χ0) is 19.8. The molecule has 1 aromatic heterocycles. The highest BCUT2D eigenvalue weighted by atomic mass is 32.1. The van der Waals surface area contributed by atoms with Crippen LogP contribution in [0.3, 0.4) is 0 Å². The van der Waals surface area contributed by atoms with Gasteiger partial charge in [-0.25, -0.2) is 4.98 Å². The van der Waals surface area contributed by atoms with Crippen LogP contribution in [0.5, 0.6) is 0 Å². The standard InChI is InChI=1S/C22H24N2O3S/c1-16(17-9-3-2-4-10-17)23-20(25)15-27-22(26)14-8-7-13-21-24-18-11-5-6-12-19(18)28-21/h2-6,9-12,16H,7-8,13-15H2,1H3,(H,23,25)/t16-/m0/s1. The van der Waals surface area contributed by atoms with Crippen molar-refractivity contribution in [3.05, 3.63) is 65.2 Å². The van der Waals surface area contributed by atoms with Crippen LogP contribution >= 0.6 is 11.3 Å². The molecule has 0 saturated heterocycles. The lowest BCUT2D eigenvalue weighted by molar-refractivity contribution is -0.148. The van der Waals surface area contributed by atoms with Gasteiger partial charge in [0.15, 0.2) is 6.61 Å². The molecule has 0 unspecified atom stereocenters. The number of para-hydroxylation sites is 1. The summed E-state index contributed by atoms with van der Waals surface area (Å²) in [5.74, 6) is -0.633. The lowest BCUT2D eigenvalue weighted by atomic mass is 10.1. The summed E-state index contributed by atoms with van der Waals surface area (Å²) in [6.45, 7) is 1.66. The van der Waals surface area contributed by atoms with E-state index in [1.54, 1.807) is 11.3 Å². The summed E-state index contributed by atoms with van der Waals surface area (Å²) in [7, 11) is 0. The van der Waals surface area contributed by atoms with Crippen LogP contribution in [-0.4, -0.2) is 23.5 Å². The van der Waals surface area contributed by atoms with E-state index in [-0.39, 0.29) is 24.5 Å². The number of nitrogens with zero attached hydrogens (tertiary/aromatic N) is 1. The van der Waals surface area contributed by atoms with Gasteiger partial charge in [-0.05, 0) is 43.9 Å². The molecule has 0 bridgehead atoms. The van der Waals surface area contributed by atoms with Crippen molar-refractivity contribution in [3.63, 3.8) is 0 Å². The van der Waals surface area contributed by atoms with Gasteiger partial charge in [-0.15, -0.1) is 11.3 Å². The van der Waals surface area contributed by atoms with Gasteiger partial charge in [0.25, 0.3) is 5.91 Å². The third kappa shape index (κ3) is 5.89. The Morgan fingerprint density at radius 3 is 2.61 bits per heavy atom. The number of ether oxygens (including phenoxy) is 1. The third-order valence-corrected chi connectivity index (χ3v) is 5.50. The second-order valence-electron chi connectivity index (χ2n) is 6.64. The fourth-order valence-electron chi connectivity index (χ4n) is 2.90. The molecule has 1 atom stereocenters. The van der Waals surface area contributed by atoms with Crippen molar-refractivity contribution in [1.82, 2.24) is 10.3 Å². The number of benzene rings is 2. The van der Waals surface area contributed by atoms with Gasteiger partial charge in [0.1, 0.15) is 0 Å². The molecule has 0 radical (unpaired) electrons. The van der Waals surface area contributed by atoms with E-state index in [4.69, 9.17) is 4.74 Å². The van der Waals surface area contributed by atoms with Crippen molar-refractivity contribution in [2.45, 2.75) is 38.6 Å². The average Bonchev–Trinajstić information content (AvgIpc) is 3.13. The van der Waals surface area contributed by atoms with Crippen molar-refractivity contribution in [1.29, 1.82) is 0 Å². The third-order valence-electron chi connectivity index (χ3n) is 4.40. The van der Waals surface area contributed by atoms with Crippen molar-refractivity contribution >= 4 is 33.4 Å². The summed E-state index contributed by atoms with van der Waals surface area (Å²) in [4.78, 5) is 28.4. The smallest absolute Gasteiger partial charge is 0.306 e. The molecule has 1 heterocycles. The van der Waals surface area contributed by atoms with Gasteiger partial charge in [-0.1, -0.05) is 42.5 Å². The fraction of sp³-hybridized carbons (Fsp3) is 0.318. The lowest BCUT2D eigenvalue weighted by Gasteiger charge is -2.14. The van der Waals surface area contributed by atoms with E-state index in [9.17, 15) is 9.59 Å². The number of unbranched alkanes of at least 4 members (excludes halogenated alkanes) is 1. The van der Waals surface area contributed by atoms with Crippen LogP contribution in [0.2, 0.25) is 0 Å². The van der Waals surface area contributed by atoms with Crippen LogP contribution in [0.4, 0.5) is 0 Å². The van der Waals surface area contributed by atoms with E-state index in [0.29, 0.717) is 6.42 Å². The second-order valence-corrected chi connectivity index (χ2v) is 7.76. The Morgan fingerprint density at radius 2 is 1.82 bits per heavy atom. The van der Waals surface area contributed by atoms with Gasteiger partial charge in [0.05, 0.1) is 21.3 Å². The number of esters is 1. The number of aryl methyl sites for hydroxylation is 1. The van der Waals surface area contributed by atoms with E-state index in [1.807, 2.05) is 55.5 Å². The predicted molar refractivity (Wildman–Crippen MR) is 111 cm³/mol. The number of aromatic nitrogens is 1. The van der Waals surface area contributed by atoms with Crippen molar-refractivity contribution in [2.24, 2.45) is 0 Å². The van der Waals surface area contributed by atoms with Crippen LogP contribution in [0.15, 0.2) is 54.6 Å². The maximum absolute atomic E-state index is 11.9. The Balaban J connectivity index is 1.31. The van der Waals surface area contributed by atoms with Crippen molar-refractivity contribution < 1.29 is 14.3 Å². The number of hydrogen-bond donors (Lipinski definition) is 1.